The molecule has 0 bridgehead atoms. The molecule has 1 fully saturated rings. The molecule has 4 rings (SSSR count). The third-order valence-corrected chi connectivity index (χ3v) is 4.07. The minimum atomic E-state index is -0.0911. The highest BCUT2D eigenvalue weighted by Crippen LogP contribution is 2.44. The largest absolute Gasteiger partial charge is 0.308 e. The third kappa shape index (κ3) is 1.88. The van der Waals surface area contributed by atoms with Crippen molar-refractivity contribution in [2.24, 2.45) is 0 Å². The first-order valence-electron chi connectivity index (χ1n) is 6.84. The highest BCUT2D eigenvalue weighted by molar-refractivity contribution is 6.31. The zero-order valence-corrected chi connectivity index (χ0v) is 12.2. The van der Waals surface area contributed by atoms with Crippen LogP contribution in [0.4, 0.5) is 17.3 Å². The lowest BCUT2D eigenvalue weighted by atomic mass is 10.2. The maximum absolute atomic E-state index is 12.7. The third-order valence-electron chi connectivity index (χ3n) is 3.87. The Hall–Kier alpha value is -2.14. The van der Waals surface area contributed by atoms with Crippen molar-refractivity contribution in [3.05, 3.63) is 41.2 Å². The van der Waals surface area contributed by atoms with Gasteiger partial charge in [-0.25, -0.2) is 9.97 Å². The minimum Gasteiger partial charge on any atom is -0.308 e. The number of rotatable bonds is 1. The molecule has 1 aliphatic carbocycles. The van der Waals surface area contributed by atoms with E-state index in [1.54, 1.807) is 36.5 Å². The standard InChI is InChI=1S/C15H13ClN4O/c1-19-12-7-9(16)8-18-14(12)20(10-4-5-10)13-11(15(19)21)3-2-6-17-13/h2-3,6-8,10H,4-5H2,1H3. The number of nitrogens with zero attached hydrogens (tertiary/aromatic N) is 4. The highest BCUT2D eigenvalue weighted by Gasteiger charge is 2.39. The summed E-state index contributed by atoms with van der Waals surface area (Å²) in [6.07, 6.45) is 5.49. The van der Waals surface area contributed by atoms with Crippen LogP contribution in [-0.2, 0) is 0 Å². The van der Waals surface area contributed by atoms with Crippen molar-refractivity contribution in [3.8, 4) is 0 Å². The molecule has 1 amide bonds. The van der Waals surface area contributed by atoms with Crippen LogP contribution in [0, 0.1) is 0 Å². The topological polar surface area (TPSA) is 49.3 Å². The van der Waals surface area contributed by atoms with Gasteiger partial charge in [0.1, 0.15) is 5.82 Å². The Balaban J connectivity index is 2.02. The molecule has 0 saturated heterocycles. The van der Waals surface area contributed by atoms with Crippen LogP contribution >= 0.6 is 11.6 Å². The van der Waals surface area contributed by atoms with Gasteiger partial charge < -0.3 is 9.80 Å². The fourth-order valence-corrected chi connectivity index (χ4v) is 2.83. The van der Waals surface area contributed by atoms with Gasteiger partial charge >= 0.3 is 0 Å². The van der Waals surface area contributed by atoms with Gasteiger partial charge in [-0.05, 0) is 31.0 Å². The molecular weight excluding hydrogens is 288 g/mol. The van der Waals surface area contributed by atoms with Crippen LogP contribution in [-0.4, -0.2) is 29.0 Å². The monoisotopic (exact) mass is 300 g/mol. The summed E-state index contributed by atoms with van der Waals surface area (Å²) in [7, 11) is 1.74. The normalized spacial score (nSPS) is 17.3. The van der Waals surface area contributed by atoms with Gasteiger partial charge in [0.25, 0.3) is 5.91 Å². The Morgan fingerprint density at radius 1 is 1.29 bits per heavy atom. The van der Waals surface area contributed by atoms with Gasteiger partial charge in [0.05, 0.1) is 16.3 Å². The van der Waals surface area contributed by atoms with Crippen LogP contribution in [0.15, 0.2) is 30.6 Å². The lowest BCUT2D eigenvalue weighted by Gasteiger charge is -2.24. The molecule has 5 nitrogen and oxygen atoms in total. The zero-order chi connectivity index (χ0) is 14.6. The first-order valence-corrected chi connectivity index (χ1v) is 7.22. The molecule has 1 aliphatic heterocycles. The Morgan fingerprint density at radius 3 is 2.86 bits per heavy atom. The van der Waals surface area contributed by atoms with Gasteiger partial charge in [-0.2, -0.15) is 0 Å². The second-order valence-corrected chi connectivity index (χ2v) is 5.77. The van der Waals surface area contributed by atoms with Crippen LogP contribution in [0.1, 0.15) is 23.2 Å². The van der Waals surface area contributed by atoms with Gasteiger partial charge in [0.15, 0.2) is 5.82 Å². The second-order valence-electron chi connectivity index (χ2n) is 5.34. The summed E-state index contributed by atoms with van der Waals surface area (Å²) in [6.45, 7) is 0. The molecule has 6 heteroatoms. The van der Waals surface area contributed by atoms with Crippen LogP contribution in [0.5, 0.6) is 0 Å². The molecule has 0 atom stereocenters. The van der Waals surface area contributed by atoms with Gasteiger partial charge in [0.2, 0.25) is 0 Å². The minimum absolute atomic E-state index is 0.0911. The number of pyridine rings is 2. The quantitative estimate of drug-likeness (QED) is 0.812. The first kappa shape index (κ1) is 12.6. The number of hydrogen-bond donors (Lipinski definition) is 0. The predicted octanol–water partition coefficient (Wildman–Crippen LogP) is 3.02. The van der Waals surface area contributed by atoms with E-state index in [9.17, 15) is 4.79 Å². The Bertz CT molecular complexity index is 744. The number of halogens is 1. The number of carbonyl (C=O) groups is 1. The molecule has 3 heterocycles. The van der Waals surface area contributed by atoms with E-state index < -0.39 is 0 Å². The van der Waals surface area contributed by atoms with Crippen molar-refractivity contribution < 1.29 is 4.79 Å². The van der Waals surface area contributed by atoms with Crippen molar-refractivity contribution in [3.63, 3.8) is 0 Å². The molecule has 106 valence electrons. The van der Waals surface area contributed by atoms with E-state index in [0.717, 1.165) is 24.3 Å². The summed E-state index contributed by atoms with van der Waals surface area (Å²) in [6, 6.07) is 5.73. The number of fused-ring (bicyclic) bond motifs is 2. The first-order chi connectivity index (χ1) is 10.2. The maximum Gasteiger partial charge on any atom is 0.261 e. The van der Waals surface area contributed by atoms with Crippen LogP contribution in [0.25, 0.3) is 0 Å². The highest BCUT2D eigenvalue weighted by atomic mass is 35.5. The molecule has 2 aromatic rings. The average Bonchev–Trinajstić information content (AvgIpc) is 3.32. The van der Waals surface area contributed by atoms with E-state index in [0.29, 0.717) is 22.4 Å². The van der Waals surface area contributed by atoms with Gasteiger partial charge in [0, 0.05) is 25.5 Å². The maximum atomic E-state index is 12.7. The predicted molar refractivity (Wildman–Crippen MR) is 81.4 cm³/mol. The molecule has 0 N–H and O–H groups in total. The number of carbonyl (C=O) groups excluding carboxylic acids is 1. The van der Waals surface area contributed by atoms with E-state index in [4.69, 9.17) is 11.6 Å². The van der Waals surface area contributed by atoms with Crippen LogP contribution < -0.4 is 9.80 Å². The number of hydrogen-bond acceptors (Lipinski definition) is 4. The van der Waals surface area contributed by atoms with Gasteiger partial charge in [-0.3, -0.25) is 4.79 Å². The van der Waals surface area contributed by atoms with Crippen molar-refractivity contribution in [2.45, 2.75) is 18.9 Å². The second kappa shape index (κ2) is 4.43. The lowest BCUT2D eigenvalue weighted by Crippen LogP contribution is -2.25. The van der Waals surface area contributed by atoms with Crippen LogP contribution in [0.3, 0.4) is 0 Å². The van der Waals surface area contributed by atoms with E-state index in [2.05, 4.69) is 14.9 Å². The number of anilines is 3. The molecule has 0 aromatic carbocycles. The Labute approximate surface area is 127 Å². The Kier molecular flexibility index (Phi) is 2.65. The molecule has 0 radical (unpaired) electrons. The summed E-state index contributed by atoms with van der Waals surface area (Å²) < 4.78 is 0. The van der Waals surface area contributed by atoms with E-state index >= 15 is 0 Å². The summed E-state index contributed by atoms with van der Waals surface area (Å²) in [5.41, 5.74) is 1.32. The van der Waals surface area contributed by atoms with Gasteiger partial charge in [-0.1, -0.05) is 11.6 Å². The van der Waals surface area contributed by atoms with Crippen molar-refractivity contribution in [2.75, 3.05) is 16.8 Å². The lowest BCUT2D eigenvalue weighted by molar-refractivity contribution is 0.0994. The van der Waals surface area contributed by atoms with E-state index in [-0.39, 0.29) is 5.91 Å². The zero-order valence-electron chi connectivity index (χ0n) is 11.5. The van der Waals surface area contributed by atoms with Crippen molar-refractivity contribution >= 4 is 34.8 Å². The summed E-state index contributed by atoms with van der Waals surface area (Å²) in [5, 5.41) is 0.517. The smallest absolute Gasteiger partial charge is 0.261 e. The molecule has 0 spiro atoms. The fourth-order valence-electron chi connectivity index (χ4n) is 2.68. The average molecular weight is 301 g/mol. The summed E-state index contributed by atoms with van der Waals surface area (Å²) in [4.78, 5) is 25.3. The van der Waals surface area contributed by atoms with Crippen molar-refractivity contribution in [1.29, 1.82) is 0 Å². The van der Waals surface area contributed by atoms with Gasteiger partial charge in [-0.15, -0.1) is 0 Å². The molecule has 0 unspecified atom stereocenters. The fraction of sp³-hybridized carbons (Fsp3) is 0.267. The molecule has 1 saturated carbocycles. The number of aromatic nitrogens is 2. The van der Waals surface area contributed by atoms with Crippen molar-refractivity contribution in [1.82, 2.24) is 9.97 Å². The molecule has 21 heavy (non-hydrogen) atoms. The molecule has 2 aliphatic rings. The molecule has 2 aromatic heterocycles. The summed E-state index contributed by atoms with van der Waals surface area (Å²) in [5.74, 6) is 1.34. The number of amides is 1. The summed E-state index contributed by atoms with van der Waals surface area (Å²) >= 11 is 6.06. The molecular formula is C15H13ClN4O. The van der Waals surface area contributed by atoms with E-state index in [1.165, 1.54) is 0 Å². The Morgan fingerprint density at radius 2 is 2.10 bits per heavy atom. The van der Waals surface area contributed by atoms with Crippen LogP contribution in [0.2, 0.25) is 5.02 Å². The van der Waals surface area contributed by atoms with E-state index in [1.807, 2.05) is 6.07 Å². The SMILES string of the molecule is CN1C(=O)c2cccnc2N(C2CC2)c2ncc(Cl)cc21.